The lowest BCUT2D eigenvalue weighted by Crippen LogP contribution is -2.44. The van der Waals surface area contributed by atoms with Gasteiger partial charge in [0.1, 0.15) is 0 Å². The molecule has 4 heteroatoms. The summed E-state index contributed by atoms with van der Waals surface area (Å²) in [7, 11) is 0. The van der Waals surface area contributed by atoms with E-state index in [0.29, 0.717) is 32.7 Å². The minimum Gasteiger partial charge on any atom is -0.501 e. The molecule has 0 radical (unpaired) electrons. The van der Waals surface area contributed by atoms with Crippen LogP contribution in [-0.2, 0) is 14.2 Å². The average molecular weight is 226 g/mol. The summed E-state index contributed by atoms with van der Waals surface area (Å²) in [6, 6.07) is 0. The summed E-state index contributed by atoms with van der Waals surface area (Å²) in [4.78, 5) is 0. The average Bonchev–Trinajstić information content (AvgIpc) is 2.96. The molecule has 0 aromatic heterocycles. The molecule has 2 heterocycles. The van der Waals surface area contributed by atoms with E-state index in [4.69, 9.17) is 14.2 Å². The van der Waals surface area contributed by atoms with Crippen LogP contribution in [0.25, 0.3) is 0 Å². The topological polar surface area (TPSA) is 47.9 Å². The second-order valence-electron chi connectivity index (χ2n) is 4.90. The Morgan fingerprint density at radius 2 is 1.69 bits per heavy atom. The second kappa shape index (κ2) is 3.72. The Kier molecular flexibility index (Phi) is 2.46. The first-order valence-corrected chi connectivity index (χ1v) is 6.04. The van der Waals surface area contributed by atoms with E-state index in [1.165, 1.54) is 0 Å². The van der Waals surface area contributed by atoms with Gasteiger partial charge in [0.05, 0.1) is 31.7 Å². The minimum absolute atomic E-state index is 0.397. The van der Waals surface area contributed by atoms with Crippen LogP contribution in [-0.4, -0.2) is 36.3 Å². The van der Waals surface area contributed by atoms with Crippen molar-refractivity contribution in [3.8, 4) is 0 Å². The summed E-state index contributed by atoms with van der Waals surface area (Å²) in [6.45, 7) is 2.07. The maximum absolute atomic E-state index is 10.6. The van der Waals surface area contributed by atoms with Gasteiger partial charge in [-0.2, -0.15) is 0 Å². The van der Waals surface area contributed by atoms with Gasteiger partial charge in [0.25, 0.3) is 0 Å². The van der Waals surface area contributed by atoms with E-state index in [2.05, 4.69) is 0 Å². The van der Waals surface area contributed by atoms with Crippen LogP contribution in [0.2, 0.25) is 0 Å². The molecule has 1 N–H and O–H groups in total. The molecule has 0 atom stereocenters. The van der Waals surface area contributed by atoms with Crippen molar-refractivity contribution in [2.45, 2.75) is 43.5 Å². The van der Waals surface area contributed by atoms with Crippen molar-refractivity contribution in [3.63, 3.8) is 0 Å². The highest BCUT2D eigenvalue weighted by atomic mass is 16.7. The summed E-state index contributed by atoms with van der Waals surface area (Å²) in [6.07, 6.45) is 5.56. The van der Waals surface area contributed by atoms with E-state index in [1.807, 2.05) is 0 Å². The second-order valence-corrected chi connectivity index (χ2v) is 4.90. The lowest BCUT2D eigenvalue weighted by molar-refractivity contribution is -0.197. The van der Waals surface area contributed by atoms with E-state index >= 15 is 0 Å². The van der Waals surface area contributed by atoms with E-state index in [1.54, 1.807) is 6.26 Å². The Labute approximate surface area is 95.2 Å². The Bertz CT molecular complexity index is 294. The largest absolute Gasteiger partial charge is 0.501 e. The molecule has 0 aromatic rings. The van der Waals surface area contributed by atoms with Crippen molar-refractivity contribution in [2.75, 3.05) is 19.8 Å². The minimum atomic E-state index is -0.683. The third kappa shape index (κ3) is 1.65. The number of hydrogen-bond donors (Lipinski definition) is 1. The highest BCUT2D eigenvalue weighted by Gasteiger charge is 2.47. The number of ether oxygens (including phenoxy) is 3. The molecule has 1 saturated heterocycles. The first kappa shape index (κ1) is 10.6. The quantitative estimate of drug-likeness (QED) is 0.733. The van der Waals surface area contributed by atoms with Gasteiger partial charge in [-0.3, -0.25) is 0 Å². The maximum Gasteiger partial charge on any atom is 0.168 e. The van der Waals surface area contributed by atoms with E-state index < -0.39 is 11.4 Å². The third-order valence-electron chi connectivity index (χ3n) is 3.97. The Morgan fingerprint density at radius 3 is 2.25 bits per heavy atom. The van der Waals surface area contributed by atoms with Crippen molar-refractivity contribution >= 4 is 0 Å². The molecule has 16 heavy (non-hydrogen) atoms. The predicted molar refractivity (Wildman–Crippen MR) is 56.7 cm³/mol. The number of rotatable bonds is 1. The van der Waals surface area contributed by atoms with Gasteiger partial charge in [-0.15, -0.1) is 0 Å². The van der Waals surface area contributed by atoms with Crippen LogP contribution in [0.15, 0.2) is 11.8 Å². The lowest BCUT2D eigenvalue weighted by Gasteiger charge is -2.40. The smallest absolute Gasteiger partial charge is 0.168 e. The van der Waals surface area contributed by atoms with Gasteiger partial charge >= 0.3 is 0 Å². The van der Waals surface area contributed by atoms with Crippen molar-refractivity contribution in [2.24, 2.45) is 0 Å². The molecular formula is C12H18O4. The highest BCUT2D eigenvalue weighted by molar-refractivity contribution is 5.19. The molecule has 3 aliphatic rings. The van der Waals surface area contributed by atoms with Gasteiger partial charge in [0.2, 0.25) is 0 Å². The van der Waals surface area contributed by atoms with Crippen LogP contribution >= 0.6 is 0 Å². The van der Waals surface area contributed by atoms with Gasteiger partial charge in [-0.25, -0.2) is 0 Å². The molecule has 1 aliphatic carbocycles. The van der Waals surface area contributed by atoms with Gasteiger partial charge in [-0.1, -0.05) is 0 Å². The Hall–Kier alpha value is -0.580. The normalized spacial score (nSPS) is 31.4. The van der Waals surface area contributed by atoms with E-state index in [-0.39, 0.29) is 0 Å². The Morgan fingerprint density at radius 1 is 1.00 bits per heavy atom. The SMILES string of the molecule is OC1(C2=COCC2)CCC2(CC1)OCCO2. The maximum atomic E-state index is 10.6. The molecule has 1 saturated carbocycles. The number of aliphatic hydroxyl groups is 1. The summed E-state index contributed by atoms with van der Waals surface area (Å²) >= 11 is 0. The molecule has 2 aliphatic heterocycles. The molecule has 2 fully saturated rings. The van der Waals surface area contributed by atoms with Crippen LogP contribution in [0.3, 0.4) is 0 Å². The zero-order valence-electron chi connectivity index (χ0n) is 9.41. The zero-order valence-corrected chi connectivity index (χ0v) is 9.41. The lowest BCUT2D eigenvalue weighted by atomic mass is 9.76. The molecule has 4 nitrogen and oxygen atoms in total. The van der Waals surface area contributed by atoms with Gasteiger partial charge < -0.3 is 19.3 Å². The molecule has 0 aromatic carbocycles. The zero-order chi connectivity index (χ0) is 11.1. The molecule has 0 amide bonds. The first-order chi connectivity index (χ1) is 7.73. The van der Waals surface area contributed by atoms with Crippen molar-refractivity contribution in [1.82, 2.24) is 0 Å². The number of hydrogen-bond acceptors (Lipinski definition) is 4. The van der Waals surface area contributed by atoms with Crippen molar-refractivity contribution in [1.29, 1.82) is 0 Å². The highest BCUT2D eigenvalue weighted by Crippen LogP contribution is 2.44. The van der Waals surface area contributed by atoms with E-state index in [0.717, 1.165) is 24.8 Å². The summed E-state index contributed by atoms with van der Waals surface area (Å²) in [5, 5.41) is 10.6. The van der Waals surface area contributed by atoms with Crippen LogP contribution < -0.4 is 0 Å². The van der Waals surface area contributed by atoms with Crippen LogP contribution in [0.1, 0.15) is 32.1 Å². The standard InChI is InChI=1S/C12H18O4/c13-11(10-1-6-14-9-10)2-4-12(5-3-11)15-7-8-16-12/h9,13H,1-8H2. The van der Waals surface area contributed by atoms with Crippen LogP contribution in [0, 0.1) is 0 Å². The molecule has 90 valence electrons. The molecule has 0 unspecified atom stereocenters. The molecule has 0 bridgehead atoms. The predicted octanol–water partition coefficient (Wildman–Crippen LogP) is 1.34. The fraction of sp³-hybridized carbons (Fsp3) is 0.833. The Balaban J connectivity index is 1.69. The first-order valence-electron chi connectivity index (χ1n) is 6.04. The van der Waals surface area contributed by atoms with Gasteiger partial charge in [0.15, 0.2) is 5.79 Å². The molecule has 1 spiro atoms. The van der Waals surface area contributed by atoms with Gasteiger partial charge in [0, 0.05) is 19.3 Å². The molecule has 3 rings (SSSR count). The monoisotopic (exact) mass is 226 g/mol. The molecular weight excluding hydrogens is 208 g/mol. The van der Waals surface area contributed by atoms with Crippen molar-refractivity contribution in [3.05, 3.63) is 11.8 Å². The van der Waals surface area contributed by atoms with Crippen molar-refractivity contribution < 1.29 is 19.3 Å². The third-order valence-corrected chi connectivity index (χ3v) is 3.97. The summed E-state index contributed by atoms with van der Waals surface area (Å²) < 4.78 is 16.5. The van der Waals surface area contributed by atoms with Gasteiger partial charge in [-0.05, 0) is 18.4 Å². The van der Waals surface area contributed by atoms with Crippen LogP contribution in [0.5, 0.6) is 0 Å². The fourth-order valence-corrected chi connectivity index (χ4v) is 2.88. The fourth-order valence-electron chi connectivity index (χ4n) is 2.88. The summed E-state index contributed by atoms with van der Waals surface area (Å²) in [5.41, 5.74) is 0.359. The van der Waals surface area contributed by atoms with Crippen LogP contribution in [0.4, 0.5) is 0 Å². The summed E-state index contributed by atoms with van der Waals surface area (Å²) in [5.74, 6) is -0.397. The van der Waals surface area contributed by atoms with E-state index in [9.17, 15) is 5.11 Å².